The van der Waals surface area contributed by atoms with E-state index in [1.807, 2.05) is 19.1 Å². The van der Waals surface area contributed by atoms with Gasteiger partial charge in [0.05, 0.1) is 13.7 Å². The van der Waals surface area contributed by atoms with Crippen LogP contribution in [0.1, 0.15) is 17.0 Å². The van der Waals surface area contributed by atoms with Gasteiger partial charge in [-0.05, 0) is 13.0 Å². The first kappa shape index (κ1) is 12.9. The summed E-state index contributed by atoms with van der Waals surface area (Å²) in [5.74, 6) is 2.04. The highest BCUT2D eigenvalue weighted by molar-refractivity contribution is 7.98. The molecule has 1 heterocycles. The second-order valence-electron chi connectivity index (χ2n) is 3.77. The maximum Gasteiger partial charge on any atom is 0.276 e. The van der Waals surface area contributed by atoms with E-state index in [4.69, 9.17) is 14.9 Å². The lowest BCUT2D eigenvalue weighted by Gasteiger charge is -2.07. The molecule has 0 aliphatic carbocycles. The first-order valence-corrected chi connectivity index (χ1v) is 6.50. The fourth-order valence-corrected chi connectivity index (χ4v) is 2.30. The number of thioether (sulfide) groups is 1. The van der Waals surface area contributed by atoms with Gasteiger partial charge in [0.1, 0.15) is 5.75 Å². The van der Waals surface area contributed by atoms with Crippen molar-refractivity contribution >= 4 is 11.8 Å². The van der Waals surface area contributed by atoms with Crippen molar-refractivity contribution < 1.29 is 9.15 Å². The van der Waals surface area contributed by atoms with Gasteiger partial charge < -0.3 is 14.9 Å². The topological polar surface area (TPSA) is 74.2 Å². The zero-order chi connectivity index (χ0) is 13.0. The monoisotopic (exact) mass is 265 g/mol. The van der Waals surface area contributed by atoms with Crippen molar-refractivity contribution in [3.05, 3.63) is 35.2 Å². The lowest BCUT2D eigenvalue weighted by Crippen LogP contribution is -1.95. The Kier molecular flexibility index (Phi) is 4.22. The Balaban J connectivity index is 2.07. The molecule has 96 valence electrons. The number of benzene rings is 1. The van der Waals surface area contributed by atoms with E-state index in [0.29, 0.717) is 11.1 Å². The predicted octanol–water partition coefficient (Wildman–Crippen LogP) is 2.14. The van der Waals surface area contributed by atoms with E-state index in [2.05, 4.69) is 16.3 Å². The number of hydrogen-bond acceptors (Lipinski definition) is 6. The van der Waals surface area contributed by atoms with Crippen LogP contribution in [0.25, 0.3) is 0 Å². The summed E-state index contributed by atoms with van der Waals surface area (Å²) in [6, 6.07) is 6.07. The van der Waals surface area contributed by atoms with Gasteiger partial charge in [-0.3, -0.25) is 0 Å². The van der Waals surface area contributed by atoms with Gasteiger partial charge in [-0.15, -0.1) is 10.2 Å². The number of nitrogens with two attached hydrogens (primary N) is 1. The van der Waals surface area contributed by atoms with Crippen molar-refractivity contribution in [1.29, 1.82) is 0 Å². The van der Waals surface area contributed by atoms with Gasteiger partial charge in [0.15, 0.2) is 0 Å². The molecule has 18 heavy (non-hydrogen) atoms. The van der Waals surface area contributed by atoms with Crippen molar-refractivity contribution in [3.8, 4) is 5.75 Å². The van der Waals surface area contributed by atoms with E-state index < -0.39 is 0 Å². The Labute approximate surface area is 110 Å². The standard InChI is InChI=1S/C12H15N3O2S/c1-8-3-4-10(16-2)9(5-8)7-18-12-15-14-11(6-13)17-12/h3-5H,6-7,13H2,1-2H3. The fraction of sp³-hybridized carbons (Fsp3) is 0.333. The molecule has 6 heteroatoms. The van der Waals surface area contributed by atoms with Crippen molar-refractivity contribution in [1.82, 2.24) is 10.2 Å². The number of nitrogens with zero attached hydrogens (tertiary/aromatic N) is 2. The van der Waals surface area contributed by atoms with Crippen LogP contribution in [0.5, 0.6) is 5.75 Å². The fourth-order valence-electron chi connectivity index (χ4n) is 1.54. The SMILES string of the molecule is COc1ccc(C)cc1CSc1nnc(CN)o1. The van der Waals surface area contributed by atoms with Gasteiger partial charge >= 0.3 is 0 Å². The number of rotatable bonds is 5. The highest BCUT2D eigenvalue weighted by atomic mass is 32.2. The molecule has 0 fully saturated rings. The Hall–Kier alpha value is -1.53. The van der Waals surface area contributed by atoms with E-state index in [9.17, 15) is 0 Å². The summed E-state index contributed by atoms with van der Waals surface area (Å²) in [5.41, 5.74) is 7.71. The third-order valence-electron chi connectivity index (χ3n) is 2.41. The Morgan fingerprint density at radius 2 is 2.22 bits per heavy atom. The maximum absolute atomic E-state index is 5.41. The normalized spacial score (nSPS) is 10.6. The molecule has 0 bridgehead atoms. The third kappa shape index (κ3) is 3.02. The molecule has 0 saturated heterocycles. The summed E-state index contributed by atoms with van der Waals surface area (Å²) in [5, 5.41) is 8.25. The van der Waals surface area contributed by atoms with E-state index in [-0.39, 0.29) is 6.54 Å². The van der Waals surface area contributed by atoms with Crippen molar-refractivity contribution in [2.24, 2.45) is 5.73 Å². The van der Waals surface area contributed by atoms with E-state index in [1.54, 1.807) is 7.11 Å². The van der Waals surface area contributed by atoms with Gasteiger partial charge in [-0.1, -0.05) is 29.5 Å². The lowest BCUT2D eigenvalue weighted by atomic mass is 10.1. The third-order valence-corrected chi connectivity index (χ3v) is 3.28. The number of aromatic nitrogens is 2. The molecule has 0 amide bonds. The molecule has 0 unspecified atom stereocenters. The van der Waals surface area contributed by atoms with Crippen LogP contribution in [-0.2, 0) is 12.3 Å². The van der Waals surface area contributed by atoms with E-state index in [1.165, 1.54) is 17.3 Å². The molecule has 1 aromatic heterocycles. The molecule has 2 rings (SSSR count). The van der Waals surface area contributed by atoms with Crippen LogP contribution in [0.15, 0.2) is 27.8 Å². The quantitative estimate of drug-likeness (QED) is 0.835. The molecular weight excluding hydrogens is 250 g/mol. The van der Waals surface area contributed by atoms with Crippen LogP contribution >= 0.6 is 11.8 Å². The van der Waals surface area contributed by atoms with Crippen LogP contribution in [-0.4, -0.2) is 17.3 Å². The summed E-state index contributed by atoms with van der Waals surface area (Å²) in [4.78, 5) is 0. The van der Waals surface area contributed by atoms with Gasteiger partial charge in [0.25, 0.3) is 5.22 Å². The van der Waals surface area contributed by atoms with Crippen molar-refractivity contribution in [2.75, 3.05) is 7.11 Å². The minimum atomic E-state index is 0.265. The number of hydrogen-bond donors (Lipinski definition) is 1. The number of methoxy groups -OCH3 is 1. The zero-order valence-electron chi connectivity index (χ0n) is 10.3. The molecule has 0 atom stereocenters. The lowest BCUT2D eigenvalue weighted by molar-refractivity contribution is 0.410. The van der Waals surface area contributed by atoms with Crippen LogP contribution < -0.4 is 10.5 Å². The van der Waals surface area contributed by atoms with Crippen LogP contribution in [0, 0.1) is 6.92 Å². The molecule has 5 nitrogen and oxygen atoms in total. The van der Waals surface area contributed by atoms with E-state index >= 15 is 0 Å². The molecule has 0 aliphatic rings. The van der Waals surface area contributed by atoms with Gasteiger partial charge in [0.2, 0.25) is 5.89 Å². The highest BCUT2D eigenvalue weighted by Gasteiger charge is 2.08. The predicted molar refractivity (Wildman–Crippen MR) is 69.5 cm³/mol. The average molecular weight is 265 g/mol. The molecule has 1 aromatic carbocycles. The summed E-state index contributed by atoms with van der Waals surface area (Å²) in [6.07, 6.45) is 0. The van der Waals surface area contributed by atoms with Crippen molar-refractivity contribution in [2.45, 2.75) is 24.4 Å². The molecule has 0 radical (unpaired) electrons. The highest BCUT2D eigenvalue weighted by Crippen LogP contribution is 2.27. The Morgan fingerprint density at radius 1 is 1.39 bits per heavy atom. The Bertz CT molecular complexity index is 528. The molecule has 2 N–H and O–H groups in total. The number of aryl methyl sites for hydroxylation is 1. The second kappa shape index (κ2) is 5.88. The summed E-state index contributed by atoms with van der Waals surface area (Å²) < 4.78 is 10.6. The molecule has 0 aliphatic heterocycles. The van der Waals surface area contributed by atoms with Gasteiger partial charge in [-0.25, -0.2) is 0 Å². The van der Waals surface area contributed by atoms with E-state index in [0.717, 1.165) is 17.1 Å². The van der Waals surface area contributed by atoms with Crippen LogP contribution in [0.3, 0.4) is 0 Å². The molecule has 0 spiro atoms. The van der Waals surface area contributed by atoms with Crippen LogP contribution in [0.4, 0.5) is 0 Å². The van der Waals surface area contributed by atoms with Gasteiger partial charge in [0, 0.05) is 11.3 Å². The minimum absolute atomic E-state index is 0.265. The minimum Gasteiger partial charge on any atom is -0.496 e. The van der Waals surface area contributed by atoms with Crippen LogP contribution in [0.2, 0.25) is 0 Å². The first-order chi connectivity index (χ1) is 8.72. The first-order valence-electron chi connectivity index (χ1n) is 5.51. The summed E-state index contributed by atoms with van der Waals surface area (Å²) in [7, 11) is 1.66. The smallest absolute Gasteiger partial charge is 0.276 e. The molecule has 2 aromatic rings. The number of ether oxygens (including phenoxy) is 1. The molecule has 0 saturated carbocycles. The maximum atomic E-state index is 5.41. The average Bonchev–Trinajstić information content (AvgIpc) is 2.84. The zero-order valence-corrected chi connectivity index (χ0v) is 11.2. The summed E-state index contributed by atoms with van der Waals surface area (Å²) in [6.45, 7) is 2.31. The molecular formula is C12H15N3O2S. The van der Waals surface area contributed by atoms with Gasteiger partial charge in [-0.2, -0.15) is 0 Å². The largest absolute Gasteiger partial charge is 0.496 e. The summed E-state index contributed by atoms with van der Waals surface area (Å²) >= 11 is 1.47. The second-order valence-corrected chi connectivity index (χ2v) is 4.70. The van der Waals surface area contributed by atoms with Crippen molar-refractivity contribution in [3.63, 3.8) is 0 Å². The Morgan fingerprint density at radius 3 is 2.89 bits per heavy atom.